The van der Waals surface area contributed by atoms with Gasteiger partial charge in [0.15, 0.2) is 0 Å². The van der Waals surface area contributed by atoms with Crippen molar-refractivity contribution >= 4 is 29.2 Å². The third-order valence-electron chi connectivity index (χ3n) is 2.30. The molecule has 0 radical (unpaired) electrons. The Morgan fingerprint density at radius 1 is 1.39 bits per heavy atom. The highest BCUT2D eigenvalue weighted by Gasteiger charge is 2.14. The fraction of sp³-hybridized carbons (Fsp3) is 0.417. The minimum absolute atomic E-state index is 0.0921. The highest BCUT2D eigenvalue weighted by atomic mass is 35.5. The summed E-state index contributed by atoms with van der Waals surface area (Å²) in [4.78, 5) is 10.7. The standard InChI is InChI=1S/C12H15Cl2NO3/c1-7(15-8(2)12(16)17)6-18-9-3-4-10(13)11(14)5-9/h3-5,7-8,15H,6H2,1-2H3,(H,16,17)/t7?,8-/m0/s1. The van der Waals surface area contributed by atoms with Crippen molar-refractivity contribution in [3.63, 3.8) is 0 Å². The van der Waals surface area contributed by atoms with Gasteiger partial charge in [-0.1, -0.05) is 23.2 Å². The Morgan fingerprint density at radius 3 is 2.61 bits per heavy atom. The number of benzene rings is 1. The van der Waals surface area contributed by atoms with Gasteiger partial charge in [0.25, 0.3) is 0 Å². The van der Waals surface area contributed by atoms with E-state index in [1.54, 1.807) is 25.1 Å². The molecule has 1 aromatic rings. The molecular formula is C12H15Cl2NO3. The summed E-state index contributed by atoms with van der Waals surface area (Å²) in [5.41, 5.74) is 0. The molecule has 0 aliphatic carbocycles. The summed E-state index contributed by atoms with van der Waals surface area (Å²) in [5.74, 6) is -0.294. The topological polar surface area (TPSA) is 58.6 Å². The van der Waals surface area contributed by atoms with Gasteiger partial charge in [-0.3, -0.25) is 10.1 Å². The molecule has 4 nitrogen and oxygen atoms in total. The van der Waals surface area contributed by atoms with E-state index in [9.17, 15) is 4.79 Å². The van der Waals surface area contributed by atoms with Crippen LogP contribution in [0.4, 0.5) is 0 Å². The first-order valence-electron chi connectivity index (χ1n) is 5.47. The minimum Gasteiger partial charge on any atom is -0.492 e. The highest BCUT2D eigenvalue weighted by molar-refractivity contribution is 6.42. The van der Waals surface area contributed by atoms with E-state index in [0.29, 0.717) is 22.4 Å². The molecule has 0 aliphatic heterocycles. The summed E-state index contributed by atoms with van der Waals surface area (Å²) >= 11 is 11.6. The van der Waals surface area contributed by atoms with E-state index in [1.807, 2.05) is 6.92 Å². The molecule has 1 rings (SSSR count). The van der Waals surface area contributed by atoms with Gasteiger partial charge in [-0.15, -0.1) is 0 Å². The van der Waals surface area contributed by atoms with E-state index in [1.165, 1.54) is 0 Å². The van der Waals surface area contributed by atoms with Gasteiger partial charge in [0.05, 0.1) is 10.0 Å². The molecule has 0 saturated heterocycles. The highest BCUT2D eigenvalue weighted by Crippen LogP contribution is 2.26. The van der Waals surface area contributed by atoms with E-state index in [0.717, 1.165) is 0 Å². The van der Waals surface area contributed by atoms with Gasteiger partial charge in [0.2, 0.25) is 0 Å². The van der Waals surface area contributed by atoms with E-state index in [4.69, 9.17) is 33.0 Å². The normalized spacial score (nSPS) is 14.0. The number of carboxylic acids is 1. The fourth-order valence-corrected chi connectivity index (χ4v) is 1.62. The lowest BCUT2D eigenvalue weighted by molar-refractivity contribution is -0.139. The van der Waals surface area contributed by atoms with E-state index >= 15 is 0 Å². The Morgan fingerprint density at radius 2 is 2.06 bits per heavy atom. The minimum atomic E-state index is -0.892. The zero-order valence-electron chi connectivity index (χ0n) is 10.1. The molecular weight excluding hydrogens is 277 g/mol. The van der Waals surface area contributed by atoms with Crippen molar-refractivity contribution in [2.75, 3.05) is 6.61 Å². The Labute approximate surface area is 116 Å². The van der Waals surface area contributed by atoms with Crippen LogP contribution in [0.2, 0.25) is 10.0 Å². The van der Waals surface area contributed by atoms with Gasteiger partial charge < -0.3 is 9.84 Å². The van der Waals surface area contributed by atoms with Crippen LogP contribution in [-0.2, 0) is 4.79 Å². The van der Waals surface area contributed by atoms with Crippen molar-refractivity contribution in [3.05, 3.63) is 28.2 Å². The fourth-order valence-electron chi connectivity index (χ4n) is 1.33. The zero-order chi connectivity index (χ0) is 13.7. The van der Waals surface area contributed by atoms with Crippen molar-refractivity contribution in [1.82, 2.24) is 5.32 Å². The molecule has 0 spiro atoms. The molecule has 0 aliphatic rings. The summed E-state index contributed by atoms with van der Waals surface area (Å²) in [6.45, 7) is 3.77. The van der Waals surface area contributed by atoms with Crippen molar-refractivity contribution < 1.29 is 14.6 Å². The molecule has 2 atom stereocenters. The number of rotatable bonds is 6. The number of ether oxygens (including phenoxy) is 1. The van der Waals surface area contributed by atoms with Crippen LogP contribution in [0.25, 0.3) is 0 Å². The lowest BCUT2D eigenvalue weighted by atomic mass is 10.2. The van der Waals surface area contributed by atoms with Crippen molar-refractivity contribution in [3.8, 4) is 5.75 Å². The van der Waals surface area contributed by atoms with Gasteiger partial charge in [-0.2, -0.15) is 0 Å². The quantitative estimate of drug-likeness (QED) is 0.846. The third-order valence-corrected chi connectivity index (χ3v) is 3.04. The lowest BCUT2D eigenvalue weighted by Gasteiger charge is -2.17. The Bertz CT molecular complexity index is 426. The largest absolute Gasteiger partial charge is 0.492 e. The number of carbonyl (C=O) groups is 1. The second-order valence-electron chi connectivity index (χ2n) is 4.01. The van der Waals surface area contributed by atoms with Gasteiger partial charge >= 0.3 is 5.97 Å². The first kappa shape index (κ1) is 15.1. The molecule has 0 heterocycles. The predicted molar refractivity (Wildman–Crippen MR) is 71.7 cm³/mol. The molecule has 6 heteroatoms. The SMILES string of the molecule is CC(COc1ccc(Cl)c(Cl)c1)N[C@@H](C)C(=O)O. The van der Waals surface area contributed by atoms with Crippen LogP contribution < -0.4 is 10.1 Å². The van der Waals surface area contributed by atoms with Gasteiger partial charge in [0, 0.05) is 12.1 Å². The first-order chi connectivity index (χ1) is 8.40. The number of halogens is 2. The third kappa shape index (κ3) is 4.72. The van der Waals surface area contributed by atoms with E-state index in [-0.39, 0.29) is 6.04 Å². The summed E-state index contributed by atoms with van der Waals surface area (Å²) in [6.07, 6.45) is 0. The monoisotopic (exact) mass is 291 g/mol. The number of hydrogen-bond donors (Lipinski definition) is 2. The van der Waals surface area contributed by atoms with Crippen LogP contribution >= 0.6 is 23.2 Å². The second kappa shape index (κ2) is 6.83. The summed E-state index contributed by atoms with van der Waals surface area (Å²) in [7, 11) is 0. The Hall–Kier alpha value is -0.970. The van der Waals surface area contributed by atoms with E-state index < -0.39 is 12.0 Å². The van der Waals surface area contributed by atoms with Crippen molar-refractivity contribution in [1.29, 1.82) is 0 Å². The van der Waals surface area contributed by atoms with Crippen LogP contribution in [0.15, 0.2) is 18.2 Å². The van der Waals surface area contributed by atoms with Crippen molar-refractivity contribution in [2.45, 2.75) is 25.9 Å². The lowest BCUT2D eigenvalue weighted by Crippen LogP contribution is -2.42. The van der Waals surface area contributed by atoms with E-state index in [2.05, 4.69) is 5.32 Å². The average molecular weight is 292 g/mol. The van der Waals surface area contributed by atoms with Crippen LogP contribution in [0, 0.1) is 0 Å². The zero-order valence-corrected chi connectivity index (χ0v) is 11.6. The maximum atomic E-state index is 10.7. The molecule has 0 bridgehead atoms. The Balaban J connectivity index is 2.44. The molecule has 2 N–H and O–H groups in total. The van der Waals surface area contributed by atoms with Crippen LogP contribution in [0.1, 0.15) is 13.8 Å². The molecule has 18 heavy (non-hydrogen) atoms. The Kier molecular flexibility index (Phi) is 5.72. The maximum absolute atomic E-state index is 10.7. The summed E-state index contributed by atoms with van der Waals surface area (Å²) in [5, 5.41) is 12.5. The molecule has 0 fully saturated rings. The molecule has 0 saturated carbocycles. The van der Waals surface area contributed by atoms with Crippen LogP contribution in [0.3, 0.4) is 0 Å². The number of carboxylic acid groups (broad SMARTS) is 1. The summed E-state index contributed by atoms with van der Waals surface area (Å²) < 4.78 is 5.49. The first-order valence-corrected chi connectivity index (χ1v) is 6.22. The molecule has 0 aromatic heterocycles. The van der Waals surface area contributed by atoms with Gasteiger partial charge in [0.1, 0.15) is 18.4 Å². The van der Waals surface area contributed by atoms with Gasteiger partial charge in [-0.25, -0.2) is 0 Å². The molecule has 100 valence electrons. The summed E-state index contributed by atoms with van der Waals surface area (Å²) in [6, 6.07) is 4.28. The number of hydrogen-bond acceptors (Lipinski definition) is 3. The average Bonchev–Trinajstić information content (AvgIpc) is 2.30. The van der Waals surface area contributed by atoms with Crippen LogP contribution in [-0.4, -0.2) is 29.8 Å². The molecule has 1 unspecified atom stereocenters. The second-order valence-corrected chi connectivity index (χ2v) is 4.83. The molecule has 1 aromatic carbocycles. The number of nitrogens with one attached hydrogen (secondary N) is 1. The smallest absolute Gasteiger partial charge is 0.320 e. The predicted octanol–water partition coefficient (Wildman–Crippen LogP) is 2.82. The van der Waals surface area contributed by atoms with Crippen LogP contribution in [0.5, 0.6) is 5.75 Å². The van der Waals surface area contributed by atoms with Crippen molar-refractivity contribution in [2.24, 2.45) is 0 Å². The van der Waals surface area contributed by atoms with Gasteiger partial charge in [-0.05, 0) is 26.0 Å². The maximum Gasteiger partial charge on any atom is 0.320 e. The molecule has 0 amide bonds. The number of aliphatic carboxylic acids is 1.